The van der Waals surface area contributed by atoms with Crippen LogP contribution < -0.4 is 5.32 Å². The van der Waals surface area contributed by atoms with Crippen molar-refractivity contribution in [2.45, 2.75) is 18.2 Å². The Morgan fingerprint density at radius 3 is 2.48 bits per heavy atom. The summed E-state index contributed by atoms with van der Waals surface area (Å²) in [4.78, 5) is 26.8. The number of amides is 2. The SMILES string of the molecule is CCc1ccccc1NC(=O)CN(C)C(=O)CSc1ccc(Cl)cc1. The molecule has 0 unspecified atom stereocenters. The van der Waals surface area contributed by atoms with Crippen molar-refractivity contribution in [1.29, 1.82) is 0 Å². The fraction of sp³-hybridized carbons (Fsp3) is 0.263. The maximum Gasteiger partial charge on any atom is 0.243 e. The number of para-hydroxylation sites is 1. The van der Waals surface area contributed by atoms with Gasteiger partial charge in [-0.1, -0.05) is 36.7 Å². The molecule has 0 atom stereocenters. The van der Waals surface area contributed by atoms with Gasteiger partial charge in [0.25, 0.3) is 0 Å². The van der Waals surface area contributed by atoms with Gasteiger partial charge in [-0.3, -0.25) is 9.59 Å². The Hall–Kier alpha value is -1.98. The van der Waals surface area contributed by atoms with Crippen LogP contribution in [-0.2, 0) is 16.0 Å². The third-order valence-electron chi connectivity index (χ3n) is 3.65. The maximum atomic E-state index is 12.2. The van der Waals surface area contributed by atoms with Crippen LogP contribution in [0.4, 0.5) is 5.69 Å². The van der Waals surface area contributed by atoms with E-state index in [1.54, 1.807) is 19.2 Å². The molecule has 0 saturated carbocycles. The Kier molecular flexibility index (Phi) is 7.34. The topological polar surface area (TPSA) is 49.4 Å². The predicted octanol–water partition coefficient (Wildman–Crippen LogP) is 4.09. The Bertz CT molecular complexity index is 734. The lowest BCUT2D eigenvalue weighted by molar-refractivity contribution is -0.131. The second-order valence-electron chi connectivity index (χ2n) is 5.55. The highest BCUT2D eigenvalue weighted by molar-refractivity contribution is 8.00. The summed E-state index contributed by atoms with van der Waals surface area (Å²) >= 11 is 7.26. The fourth-order valence-corrected chi connectivity index (χ4v) is 3.20. The van der Waals surface area contributed by atoms with E-state index < -0.39 is 0 Å². The van der Waals surface area contributed by atoms with Crippen LogP contribution in [0.1, 0.15) is 12.5 Å². The summed E-state index contributed by atoms with van der Waals surface area (Å²) in [6.07, 6.45) is 0.836. The van der Waals surface area contributed by atoms with E-state index in [2.05, 4.69) is 5.32 Å². The number of aryl methyl sites for hydroxylation is 1. The molecule has 6 heteroatoms. The zero-order valence-electron chi connectivity index (χ0n) is 14.3. The van der Waals surface area contributed by atoms with Crippen molar-refractivity contribution in [3.8, 4) is 0 Å². The molecule has 0 spiro atoms. The van der Waals surface area contributed by atoms with E-state index in [1.807, 2.05) is 43.3 Å². The standard InChI is InChI=1S/C19H21ClN2O2S/c1-3-14-6-4-5-7-17(14)21-18(23)12-22(2)19(24)13-25-16-10-8-15(20)9-11-16/h4-11H,3,12-13H2,1-2H3,(H,21,23). The van der Waals surface area contributed by atoms with E-state index in [4.69, 9.17) is 11.6 Å². The van der Waals surface area contributed by atoms with Crippen molar-refractivity contribution in [2.24, 2.45) is 0 Å². The van der Waals surface area contributed by atoms with Gasteiger partial charge in [-0.25, -0.2) is 0 Å². The average molecular weight is 377 g/mol. The highest BCUT2D eigenvalue weighted by Gasteiger charge is 2.14. The van der Waals surface area contributed by atoms with Gasteiger partial charge >= 0.3 is 0 Å². The molecule has 0 saturated heterocycles. The van der Waals surface area contributed by atoms with Crippen molar-refractivity contribution in [3.05, 3.63) is 59.1 Å². The molecule has 132 valence electrons. The Morgan fingerprint density at radius 1 is 1.12 bits per heavy atom. The molecule has 4 nitrogen and oxygen atoms in total. The molecule has 0 radical (unpaired) electrons. The highest BCUT2D eigenvalue weighted by atomic mass is 35.5. The number of rotatable bonds is 7. The second-order valence-corrected chi connectivity index (χ2v) is 7.04. The lowest BCUT2D eigenvalue weighted by atomic mass is 10.1. The molecule has 2 amide bonds. The van der Waals surface area contributed by atoms with E-state index in [-0.39, 0.29) is 24.1 Å². The first-order valence-electron chi connectivity index (χ1n) is 7.99. The van der Waals surface area contributed by atoms with Gasteiger partial charge in [0.2, 0.25) is 11.8 Å². The molecule has 0 bridgehead atoms. The van der Waals surface area contributed by atoms with Crippen molar-refractivity contribution >= 4 is 40.9 Å². The first kappa shape index (κ1) is 19.3. The van der Waals surface area contributed by atoms with Gasteiger partial charge in [0.05, 0.1) is 12.3 Å². The molecule has 0 aromatic heterocycles. The zero-order valence-corrected chi connectivity index (χ0v) is 15.9. The third-order valence-corrected chi connectivity index (χ3v) is 4.90. The Labute approximate surface area is 157 Å². The average Bonchev–Trinajstić information content (AvgIpc) is 2.61. The van der Waals surface area contributed by atoms with Crippen LogP contribution in [0.2, 0.25) is 5.02 Å². The van der Waals surface area contributed by atoms with E-state index in [1.165, 1.54) is 16.7 Å². The number of nitrogens with zero attached hydrogens (tertiary/aromatic N) is 1. The van der Waals surface area contributed by atoms with Gasteiger partial charge in [-0.15, -0.1) is 11.8 Å². The number of likely N-dealkylation sites (N-methyl/N-ethyl adjacent to an activating group) is 1. The van der Waals surface area contributed by atoms with Gasteiger partial charge in [0.15, 0.2) is 0 Å². The van der Waals surface area contributed by atoms with Crippen LogP contribution in [0.15, 0.2) is 53.4 Å². The van der Waals surface area contributed by atoms with Gasteiger partial charge in [-0.2, -0.15) is 0 Å². The minimum absolute atomic E-state index is 0.0259. The molecule has 2 aromatic rings. The first-order chi connectivity index (χ1) is 12.0. The molecular weight excluding hydrogens is 356 g/mol. The first-order valence-corrected chi connectivity index (χ1v) is 9.36. The summed E-state index contributed by atoms with van der Waals surface area (Å²) in [5.74, 6) is -0.0242. The van der Waals surface area contributed by atoms with Crippen molar-refractivity contribution in [1.82, 2.24) is 4.90 Å². The normalized spacial score (nSPS) is 10.4. The summed E-state index contributed by atoms with van der Waals surface area (Å²) in [7, 11) is 1.63. The van der Waals surface area contributed by atoms with Gasteiger partial charge in [-0.05, 0) is 42.3 Å². The monoisotopic (exact) mass is 376 g/mol. The largest absolute Gasteiger partial charge is 0.336 e. The number of benzene rings is 2. The maximum absolute atomic E-state index is 12.2. The van der Waals surface area contributed by atoms with Crippen LogP contribution in [0.3, 0.4) is 0 Å². The van der Waals surface area contributed by atoms with E-state index in [9.17, 15) is 9.59 Å². The molecule has 2 aromatic carbocycles. The second kappa shape index (κ2) is 9.49. The number of hydrogen-bond acceptors (Lipinski definition) is 3. The molecule has 0 fully saturated rings. The molecule has 0 heterocycles. The van der Waals surface area contributed by atoms with Crippen LogP contribution in [0, 0.1) is 0 Å². The summed E-state index contributed by atoms with van der Waals surface area (Å²) in [6.45, 7) is 2.06. The molecular formula is C19H21ClN2O2S. The van der Waals surface area contributed by atoms with Crippen LogP contribution in [0.5, 0.6) is 0 Å². The predicted molar refractivity (Wildman–Crippen MR) is 104 cm³/mol. The van der Waals surface area contributed by atoms with E-state index in [0.717, 1.165) is 22.6 Å². The van der Waals surface area contributed by atoms with Gasteiger partial charge < -0.3 is 10.2 Å². The van der Waals surface area contributed by atoms with Crippen molar-refractivity contribution in [3.63, 3.8) is 0 Å². The number of anilines is 1. The number of thioether (sulfide) groups is 1. The quantitative estimate of drug-likeness (QED) is 0.740. The number of carbonyl (C=O) groups is 2. The van der Waals surface area contributed by atoms with Crippen molar-refractivity contribution < 1.29 is 9.59 Å². The lowest BCUT2D eigenvalue weighted by Gasteiger charge is -2.17. The summed E-state index contributed by atoms with van der Waals surface area (Å²) in [5, 5.41) is 3.54. The molecule has 1 N–H and O–H groups in total. The molecule has 0 aliphatic carbocycles. The summed E-state index contributed by atoms with van der Waals surface area (Å²) in [5.41, 5.74) is 1.87. The Morgan fingerprint density at radius 2 is 1.80 bits per heavy atom. The minimum Gasteiger partial charge on any atom is -0.336 e. The van der Waals surface area contributed by atoms with Crippen molar-refractivity contribution in [2.75, 3.05) is 24.7 Å². The number of halogens is 1. The highest BCUT2D eigenvalue weighted by Crippen LogP contribution is 2.20. The third kappa shape index (κ3) is 6.11. The smallest absolute Gasteiger partial charge is 0.243 e. The number of hydrogen-bond donors (Lipinski definition) is 1. The fourth-order valence-electron chi connectivity index (χ4n) is 2.23. The van der Waals surface area contributed by atoms with Crippen LogP contribution in [0.25, 0.3) is 0 Å². The summed E-state index contributed by atoms with van der Waals surface area (Å²) in [6, 6.07) is 15.0. The van der Waals surface area contributed by atoms with Gasteiger partial charge in [0, 0.05) is 22.7 Å². The van der Waals surface area contributed by atoms with E-state index >= 15 is 0 Å². The Balaban J connectivity index is 1.83. The number of carbonyl (C=O) groups excluding carboxylic acids is 2. The summed E-state index contributed by atoms with van der Waals surface area (Å²) < 4.78 is 0. The van der Waals surface area contributed by atoms with Crippen LogP contribution >= 0.6 is 23.4 Å². The zero-order chi connectivity index (χ0) is 18.2. The molecule has 25 heavy (non-hydrogen) atoms. The molecule has 0 aliphatic heterocycles. The molecule has 0 aliphatic rings. The minimum atomic E-state index is -0.201. The molecule has 2 rings (SSSR count). The van der Waals surface area contributed by atoms with Gasteiger partial charge in [0.1, 0.15) is 0 Å². The number of nitrogens with one attached hydrogen (secondary N) is 1. The van der Waals surface area contributed by atoms with E-state index in [0.29, 0.717) is 5.02 Å². The lowest BCUT2D eigenvalue weighted by Crippen LogP contribution is -2.36. The van der Waals surface area contributed by atoms with Crippen LogP contribution in [-0.4, -0.2) is 36.1 Å².